The average molecular weight is 383 g/mol. The summed E-state index contributed by atoms with van der Waals surface area (Å²) in [5.74, 6) is 1.98. The molecule has 0 saturated carbocycles. The molecule has 3 aromatic rings. The summed E-state index contributed by atoms with van der Waals surface area (Å²) >= 11 is 1.33. The Morgan fingerprint density at radius 1 is 1.26 bits per heavy atom. The smallest absolute Gasteiger partial charge is 0.234 e. The Labute approximate surface area is 159 Å². The van der Waals surface area contributed by atoms with Crippen LogP contribution in [0.3, 0.4) is 0 Å². The van der Waals surface area contributed by atoms with E-state index in [0.29, 0.717) is 28.9 Å². The SMILES string of the molecule is CCn1c(SCC(=O)Nc2cccc3c2OCO3)nnc1-c1cccnc1. The van der Waals surface area contributed by atoms with Crippen LogP contribution < -0.4 is 14.8 Å². The van der Waals surface area contributed by atoms with Crippen LogP contribution in [0.4, 0.5) is 5.69 Å². The number of nitrogens with one attached hydrogen (secondary N) is 1. The van der Waals surface area contributed by atoms with Crippen LogP contribution in [0.25, 0.3) is 11.4 Å². The van der Waals surface area contributed by atoms with Crippen molar-refractivity contribution in [2.24, 2.45) is 0 Å². The molecule has 0 spiro atoms. The third-order valence-corrected chi connectivity index (χ3v) is 4.92. The number of carbonyl (C=O) groups is 1. The Morgan fingerprint density at radius 2 is 2.19 bits per heavy atom. The summed E-state index contributed by atoms with van der Waals surface area (Å²) in [7, 11) is 0. The number of pyridine rings is 1. The predicted molar refractivity (Wildman–Crippen MR) is 101 cm³/mol. The first-order chi connectivity index (χ1) is 13.3. The van der Waals surface area contributed by atoms with E-state index < -0.39 is 0 Å². The maximum absolute atomic E-state index is 12.4. The highest BCUT2D eigenvalue weighted by Gasteiger charge is 2.19. The number of fused-ring (bicyclic) bond motifs is 1. The maximum Gasteiger partial charge on any atom is 0.234 e. The summed E-state index contributed by atoms with van der Waals surface area (Å²) in [5.41, 5.74) is 1.49. The van der Waals surface area contributed by atoms with Gasteiger partial charge >= 0.3 is 0 Å². The van der Waals surface area contributed by atoms with Crippen LogP contribution in [-0.2, 0) is 11.3 Å². The second kappa shape index (κ2) is 7.67. The van der Waals surface area contributed by atoms with Gasteiger partial charge in [-0.1, -0.05) is 17.8 Å². The summed E-state index contributed by atoms with van der Waals surface area (Å²) in [6, 6.07) is 9.18. The normalized spacial score (nSPS) is 12.2. The van der Waals surface area contributed by atoms with E-state index in [1.165, 1.54) is 11.8 Å². The van der Waals surface area contributed by atoms with Gasteiger partial charge in [0.2, 0.25) is 12.7 Å². The zero-order chi connectivity index (χ0) is 18.6. The fourth-order valence-electron chi connectivity index (χ4n) is 2.73. The molecule has 0 unspecified atom stereocenters. The minimum Gasteiger partial charge on any atom is -0.454 e. The van der Waals surface area contributed by atoms with Crippen LogP contribution in [-0.4, -0.2) is 38.2 Å². The lowest BCUT2D eigenvalue weighted by Gasteiger charge is -2.09. The highest BCUT2D eigenvalue weighted by atomic mass is 32.2. The largest absolute Gasteiger partial charge is 0.454 e. The number of ether oxygens (including phenoxy) is 2. The van der Waals surface area contributed by atoms with Crippen molar-refractivity contribution in [2.75, 3.05) is 17.9 Å². The van der Waals surface area contributed by atoms with E-state index in [9.17, 15) is 4.79 Å². The van der Waals surface area contributed by atoms with Crippen molar-refractivity contribution in [2.45, 2.75) is 18.6 Å². The fourth-order valence-corrected chi connectivity index (χ4v) is 3.54. The van der Waals surface area contributed by atoms with Gasteiger partial charge in [0, 0.05) is 24.5 Å². The molecule has 27 heavy (non-hydrogen) atoms. The van der Waals surface area contributed by atoms with E-state index >= 15 is 0 Å². The molecule has 1 aromatic carbocycles. The van der Waals surface area contributed by atoms with Crippen LogP contribution in [0, 0.1) is 0 Å². The minimum atomic E-state index is -0.155. The molecular weight excluding hydrogens is 366 g/mol. The lowest BCUT2D eigenvalue weighted by atomic mass is 10.2. The van der Waals surface area contributed by atoms with Crippen molar-refractivity contribution in [3.63, 3.8) is 0 Å². The molecule has 4 rings (SSSR count). The number of thioether (sulfide) groups is 1. The highest BCUT2D eigenvalue weighted by molar-refractivity contribution is 7.99. The van der Waals surface area contributed by atoms with E-state index in [1.807, 2.05) is 29.7 Å². The summed E-state index contributed by atoms with van der Waals surface area (Å²) in [6.45, 7) is 2.87. The first kappa shape index (κ1) is 17.3. The number of para-hydroxylation sites is 1. The number of rotatable bonds is 6. The van der Waals surface area contributed by atoms with Crippen LogP contribution in [0.1, 0.15) is 6.92 Å². The monoisotopic (exact) mass is 383 g/mol. The lowest BCUT2D eigenvalue weighted by molar-refractivity contribution is -0.113. The molecule has 1 aliphatic rings. The zero-order valence-corrected chi connectivity index (χ0v) is 15.4. The van der Waals surface area contributed by atoms with Crippen LogP contribution in [0.15, 0.2) is 47.9 Å². The molecular formula is C18H17N5O3S. The molecule has 138 valence electrons. The average Bonchev–Trinajstić information content (AvgIpc) is 3.34. The van der Waals surface area contributed by atoms with Gasteiger partial charge in [-0.2, -0.15) is 0 Å². The molecule has 3 heterocycles. The highest BCUT2D eigenvalue weighted by Crippen LogP contribution is 2.38. The maximum atomic E-state index is 12.4. The van der Waals surface area contributed by atoms with Crippen LogP contribution in [0.2, 0.25) is 0 Å². The van der Waals surface area contributed by atoms with Gasteiger partial charge in [-0.25, -0.2) is 0 Å². The van der Waals surface area contributed by atoms with Gasteiger partial charge in [-0.15, -0.1) is 10.2 Å². The van der Waals surface area contributed by atoms with Crippen LogP contribution >= 0.6 is 11.8 Å². The van der Waals surface area contributed by atoms with Crippen LogP contribution in [0.5, 0.6) is 11.5 Å². The summed E-state index contributed by atoms with van der Waals surface area (Å²) in [6.07, 6.45) is 3.46. The Kier molecular flexibility index (Phi) is 4.93. The van der Waals surface area contributed by atoms with Crippen molar-refractivity contribution in [1.82, 2.24) is 19.7 Å². The van der Waals surface area contributed by atoms with Gasteiger partial charge in [0.05, 0.1) is 11.4 Å². The van der Waals surface area contributed by atoms with Crippen molar-refractivity contribution < 1.29 is 14.3 Å². The van der Waals surface area contributed by atoms with Crippen molar-refractivity contribution in [3.8, 4) is 22.9 Å². The Bertz CT molecular complexity index is 961. The molecule has 1 aliphatic heterocycles. The molecule has 0 radical (unpaired) electrons. The number of carbonyl (C=O) groups excluding carboxylic acids is 1. The molecule has 0 aliphatic carbocycles. The van der Waals surface area contributed by atoms with E-state index in [0.717, 1.165) is 11.4 Å². The third-order valence-electron chi connectivity index (χ3n) is 3.96. The second-order valence-corrected chi connectivity index (χ2v) is 6.61. The third kappa shape index (κ3) is 3.59. The topological polar surface area (TPSA) is 91.2 Å². The van der Waals surface area contributed by atoms with Gasteiger partial charge in [0.25, 0.3) is 0 Å². The summed E-state index contributed by atoms with van der Waals surface area (Å²) in [5, 5.41) is 12.0. The number of benzene rings is 1. The van der Waals surface area contributed by atoms with Gasteiger partial charge in [-0.3, -0.25) is 9.78 Å². The van der Waals surface area contributed by atoms with Gasteiger partial charge < -0.3 is 19.4 Å². The van der Waals surface area contributed by atoms with Gasteiger partial charge in [0.1, 0.15) is 0 Å². The Morgan fingerprint density at radius 3 is 3.00 bits per heavy atom. The van der Waals surface area contributed by atoms with Crippen molar-refractivity contribution in [3.05, 3.63) is 42.7 Å². The molecule has 2 aromatic heterocycles. The summed E-state index contributed by atoms with van der Waals surface area (Å²) < 4.78 is 12.7. The first-order valence-electron chi connectivity index (χ1n) is 8.41. The molecule has 8 nitrogen and oxygen atoms in total. The van der Waals surface area contributed by atoms with Crippen molar-refractivity contribution >= 4 is 23.4 Å². The van der Waals surface area contributed by atoms with Gasteiger partial charge in [0.15, 0.2) is 22.5 Å². The predicted octanol–water partition coefficient (Wildman–Crippen LogP) is 2.82. The molecule has 0 atom stereocenters. The number of nitrogens with zero attached hydrogens (tertiary/aromatic N) is 4. The van der Waals surface area contributed by atoms with E-state index in [1.54, 1.807) is 24.5 Å². The number of hydrogen-bond donors (Lipinski definition) is 1. The molecule has 0 bridgehead atoms. The molecule has 0 fully saturated rings. The first-order valence-corrected chi connectivity index (χ1v) is 9.39. The standard InChI is InChI=1S/C18H17N5O3S/c1-2-23-17(12-5-4-8-19-9-12)21-22-18(23)27-10-15(24)20-13-6-3-7-14-16(13)26-11-25-14/h3-9H,2,10-11H2,1H3,(H,20,24). The molecule has 1 amide bonds. The quantitative estimate of drug-likeness (QED) is 0.655. The lowest BCUT2D eigenvalue weighted by Crippen LogP contribution is -2.15. The van der Waals surface area contributed by atoms with Crippen molar-refractivity contribution in [1.29, 1.82) is 0 Å². The number of amides is 1. The second-order valence-electron chi connectivity index (χ2n) is 5.67. The summed E-state index contributed by atoms with van der Waals surface area (Å²) in [4.78, 5) is 16.5. The van der Waals surface area contributed by atoms with E-state index in [-0.39, 0.29) is 18.5 Å². The van der Waals surface area contributed by atoms with E-state index in [4.69, 9.17) is 9.47 Å². The Hall–Kier alpha value is -3.07. The Balaban J connectivity index is 1.44. The molecule has 1 N–H and O–H groups in total. The number of anilines is 1. The van der Waals surface area contributed by atoms with Gasteiger partial charge in [-0.05, 0) is 31.2 Å². The number of hydrogen-bond acceptors (Lipinski definition) is 7. The zero-order valence-electron chi connectivity index (χ0n) is 14.6. The molecule has 9 heteroatoms. The fraction of sp³-hybridized carbons (Fsp3) is 0.222. The number of aromatic nitrogens is 4. The minimum absolute atomic E-state index is 0.155. The van der Waals surface area contributed by atoms with E-state index in [2.05, 4.69) is 20.5 Å². The molecule has 0 saturated heterocycles.